The topological polar surface area (TPSA) is 113 Å². The highest BCUT2D eigenvalue weighted by molar-refractivity contribution is 5.84. The number of phenols is 1. The van der Waals surface area contributed by atoms with Crippen molar-refractivity contribution < 1.29 is 19.8 Å². The van der Waals surface area contributed by atoms with Crippen LogP contribution >= 0.6 is 0 Å². The van der Waals surface area contributed by atoms with Crippen molar-refractivity contribution in [2.75, 3.05) is 0 Å². The van der Waals surface area contributed by atoms with Gasteiger partial charge in [-0.2, -0.15) is 0 Å². The molecule has 0 aliphatic rings. The van der Waals surface area contributed by atoms with Crippen LogP contribution in [0, 0.1) is 5.92 Å². The minimum atomic E-state index is -1.10. The first-order valence-electron chi connectivity index (χ1n) is 6.85. The lowest BCUT2D eigenvalue weighted by Crippen LogP contribution is -2.44. The molecule has 1 unspecified atom stereocenters. The molecular weight excluding hydrogens is 272 g/mol. The highest BCUT2D eigenvalue weighted by atomic mass is 16.4. The van der Waals surface area contributed by atoms with E-state index in [1.807, 2.05) is 13.8 Å². The molecule has 2 atom stereocenters. The Balaban J connectivity index is 2.63. The third kappa shape index (κ3) is 5.83. The van der Waals surface area contributed by atoms with Crippen LogP contribution in [0.3, 0.4) is 0 Å². The summed E-state index contributed by atoms with van der Waals surface area (Å²) in [5.41, 5.74) is 6.52. The number of nitrogens with two attached hydrogens (primary N) is 1. The Morgan fingerprint density at radius 1 is 1.24 bits per heavy atom. The monoisotopic (exact) mass is 294 g/mol. The molecular formula is C15H22N2O4. The summed E-state index contributed by atoms with van der Waals surface area (Å²) in [6.45, 7) is 3.81. The van der Waals surface area contributed by atoms with Crippen LogP contribution in [0.4, 0.5) is 0 Å². The number of hydrogen-bond donors (Lipinski definition) is 4. The summed E-state index contributed by atoms with van der Waals surface area (Å²) in [5.74, 6) is -1.22. The van der Waals surface area contributed by atoms with E-state index < -0.39 is 12.0 Å². The van der Waals surface area contributed by atoms with Crippen LogP contribution in [0.15, 0.2) is 24.3 Å². The molecule has 1 rings (SSSR count). The number of benzene rings is 1. The summed E-state index contributed by atoms with van der Waals surface area (Å²) in [7, 11) is 0. The van der Waals surface area contributed by atoms with Gasteiger partial charge in [0.25, 0.3) is 0 Å². The summed E-state index contributed by atoms with van der Waals surface area (Å²) in [4.78, 5) is 23.1. The number of hydrogen-bond acceptors (Lipinski definition) is 4. The zero-order valence-corrected chi connectivity index (χ0v) is 12.2. The predicted octanol–water partition coefficient (Wildman–Crippen LogP) is 0.877. The van der Waals surface area contributed by atoms with Gasteiger partial charge in [0.15, 0.2) is 0 Å². The SMILES string of the molecule is CC(C)C(N)CC(=O)N[C@H](Cc1ccc(O)cc1)C(=O)O. The van der Waals surface area contributed by atoms with Crippen molar-refractivity contribution in [1.29, 1.82) is 0 Å². The summed E-state index contributed by atoms with van der Waals surface area (Å²) < 4.78 is 0. The van der Waals surface area contributed by atoms with Crippen molar-refractivity contribution in [3.63, 3.8) is 0 Å². The second kappa shape index (κ2) is 7.64. The van der Waals surface area contributed by atoms with Crippen LogP contribution in [0.25, 0.3) is 0 Å². The van der Waals surface area contributed by atoms with Gasteiger partial charge in [-0.3, -0.25) is 4.79 Å². The van der Waals surface area contributed by atoms with Crippen molar-refractivity contribution >= 4 is 11.9 Å². The van der Waals surface area contributed by atoms with Crippen molar-refractivity contribution in [2.45, 2.75) is 38.8 Å². The zero-order valence-electron chi connectivity index (χ0n) is 12.2. The predicted molar refractivity (Wildman–Crippen MR) is 78.8 cm³/mol. The third-order valence-corrected chi connectivity index (χ3v) is 3.29. The maximum Gasteiger partial charge on any atom is 0.326 e. The maximum absolute atomic E-state index is 11.8. The van der Waals surface area contributed by atoms with Gasteiger partial charge in [-0.15, -0.1) is 0 Å². The first-order chi connectivity index (χ1) is 9.79. The van der Waals surface area contributed by atoms with E-state index in [0.717, 1.165) is 0 Å². The number of carboxylic acid groups (broad SMARTS) is 1. The van der Waals surface area contributed by atoms with Gasteiger partial charge in [0.1, 0.15) is 11.8 Å². The molecule has 6 nitrogen and oxygen atoms in total. The number of carbonyl (C=O) groups is 2. The van der Waals surface area contributed by atoms with Gasteiger partial charge in [-0.1, -0.05) is 26.0 Å². The maximum atomic E-state index is 11.8. The molecule has 0 radical (unpaired) electrons. The minimum absolute atomic E-state index is 0.0943. The molecule has 0 fully saturated rings. The molecule has 116 valence electrons. The van der Waals surface area contributed by atoms with Gasteiger partial charge < -0.3 is 21.3 Å². The summed E-state index contributed by atoms with van der Waals surface area (Å²) in [6.07, 6.45) is 0.245. The van der Waals surface area contributed by atoms with Crippen molar-refractivity contribution in [1.82, 2.24) is 5.32 Å². The summed E-state index contributed by atoms with van der Waals surface area (Å²) in [6, 6.07) is 4.89. The van der Waals surface area contributed by atoms with E-state index in [-0.39, 0.29) is 36.5 Å². The Bertz CT molecular complexity index is 485. The highest BCUT2D eigenvalue weighted by Gasteiger charge is 2.22. The normalized spacial score (nSPS) is 13.7. The molecule has 1 aromatic rings. The molecule has 0 bridgehead atoms. The molecule has 1 amide bonds. The van der Waals surface area contributed by atoms with E-state index in [0.29, 0.717) is 5.56 Å². The first-order valence-corrected chi connectivity index (χ1v) is 6.85. The van der Waals surface area contributed by atoms with Gasteiger partial charge in [0.2, 0.25) is 5.91 Å². The molecule has 6 heteroatoms. The molecule has 1 aromatic carbocycles. The number of phenolic OH excluding ortho intramolecular Hbond substituents is 1. The Labute approximate surface area is 124 Å². The smallest absolute Gasteiger partial charge is 0.326 e. The van der Waals surface area contributed by atoms with E-state index >= 15 is 0 Å². The van der Waals surface area contributed by atoms with Gasteiger partial charge in [0, 0.05) is 18.9 Å². The number of carbonyl (C=O) groups excluding carboxylic acids is 1. The number of rotatable bonds is 7. The molecule has 0 aromatic heterocycles. The Hall–Kier alpha value is -2.08. The van der Waals surface area contributed by atoms with Crippen LogP contribution in [-0.2, 0) is 16.0 Å². The van der Waals surface area contributed by atoms with Gasteiger partial charge in [-0.05, 0) is 23.6 Å². The van der Waals surface area contributed by atoms with Gasteiger partial charge >= 0.3 is 5.97 Å². The highest BCUT2D eigenvalue weighted by Crippen LogP contribution is 2.12. The standard InChI is InChI=1S/C15H22N2O4/c1-9(2)12(16)8-14(19)17-13(15(20)21)7-10-3-5-11(18)6-4-10/h3-6,9,12-13,18H,7-8,16H2,1-2H3,(H,17,19)(H,20,21)/t12?,13-/m1/s1. The average molecular weight is 294 g/mol. The molecule has 0 spiro atoms. The average Bonchev–Trinajstić information content (AvgIpc) is 2.40. The van der Waals surface area contributed by atoms with Crippen LogP contribution in [0.1, 0.15) is 25.8 Å². The van der Waals surface area contributed by atoms with Crippen molar-refractivity contribution in [3.05, 3.63) is 29.8 Å². The van der Waals surface area contributed by atoms with Crippen molar-refractivity contribution in [3.8, 4) is 5.75 Å². The van der Waals surface area contributed by atoms with E-state index in [9.17, 15) is 19.8 Å². The lowest BCUT2D eigenvalue weighted by molar-refractivity contribution is -0.141. The minimum Gasteiger partial charge on any atom is -0.508 e. The first kappa shape index (κ1) is 17.0. The summed E-state index contributed by atoms with van der Waals surface area (Å²) >= 11 is 0. The Kier molecular flexibility index (Phi) is 6.17. The lowest BCUT2D eigenvalue weighted by atomic mass is 10.0. The molecule has 0 saturated heterocycles. The molecule has 0 heterocycles. The number of nitrogens with one attached hydrogen (secondary N) is 1. The van der Waals surface area contributed by atoms with Crippen LogP contribution < -0.4 is 11.1 Å². The number of aromatic hydroxyl groups is 1. The Morgan fingerprint density at radius 3 is 2.29 bits per heavy atom. The van der Waals surface area contributed by atoms with E-state index in [4.69, 9.17) is 5.73 Å². The van der Waals surface area contributed by atoms with Crippen LogP contribution in [0.2, 0.25) is 0 Å². The molecule has 5 N–H and O–H groups in total. The lowest BCUT2D eigenvalue weighted by Gasteiger charge is -2.18. The quantitative estimate of drug-likeness (QED) is 0.596. The fourth-order valence-electron chi connectivity index (χ4n) is 1.77. The number of carboxylic acids is 1. The van der Waals surface area contributed by atoms with Crippen molar-refractivity contribution in [2.24, 2.45) is 11.7 Å². The van der Waals surface area contributed by atoms with E-state index in [1.54, 1.807) is 12.1 Å². The molecule has 0 aliphatic heterocycles. The Morgan fingerprint density at radius 2 is 1.81 bits per heavy atom. The van der Waals surface area contributed by atoms with E-state index in [1.165, 1.54) is 12.1 Å². The second-order valence-electron chi connectivity index (χ2n) is 5.44. The van der Waals surface area contributed by atoms with E-state index in [2.05, 4.69) is 5.32 Å². The van der Waals surface area contributed by atoms with Gasteiger partial charge in [-0.25, -0.2) is 4.79 Å². The van der Waals surface area contributed by atoms with Crippen LogP contribution in [-0.4, -0.2) is 34.2 Å². The van der Waals surface area contributed by atoms with Gasteiger partial charge in [0.05, 0.1) is 0 Å². The fraction of sp³-hybridized carbons (Fsp3) is 0.467. The molecule has 0 aliphatic carbocycles. The van der Waals surface area contributed by atoms with Crippen LogP contribution in [0.5, 0.6) is 5.75 Å². The molecule has 0 saturated carbocycles. The third-order valence-electron chi connectivity index (χ3n) is 3.29. The zero-order chi connectivity index (χ0) is 16.0. The largest absolute Gasteiger partial charge is 0.508 e. The number of aliphatic carboxylic acids is 1. The number of amides is 1. The summed E-state index contributed by atoms with van der Waals surface area (Å²) in [5, 5.41) is 20.9. The second-order valence-corrected chi connectivity index (χ2v) is 5.44. The fourth-order valence-corrected chi connectivity index (χ4v) is 1.77. The molecule has 21 heavy (non-hydrogen) atoms.